The van der Waals surface area contributed by atoms with Crippen molar-refractivity contribution in [1.29, 1.82) is 0 Å². The van der Waals surface area contributed by atoms with E-state index in [1.807, 2.05) is 0 Å². The van der Waals surface area contributed by atoms with Crippen LogP contribution in [-0.4, -0.2) is 117 Å². The van der Waals surface area contributed by atoms with Gasteiger partial charge in [-0.1, -0.05) is 49.7 Å². The smallest absolute Gasteiger partial charge is 0.408 e. The van der Waals surface area contributed by atoms with E-state index in [0.29, 0.717) is 5.57 Å². The number of carbonyl (C=O) groups excluding carboxylic acids is 6. The zero-order chi connectivity index (χ0) is 47.2. The van der Waals surface area contributed by atoms with E-state index in [4.69, 9.17) is 34.0 Å². The number of rotatable bonds is 11. The second-order valence-electron chi connectivity index (χ2n) is 18.6. The number of aliphatic hydroxyl groups excluding tert-OH is 2. The van der Waals surface area contributed by atoms with Gasteiger partial charge in [-0.15, -0.1) is 0 Å². The summed E-state index contributed by atoms with van der Waals surface area (Å²) < 4.78 is 35.6. The van der Waals surface area contributed by atoms with Crippen LogP contribution in [0.2, 0.25) is 0 Å². The number of ketones is 1. The maximum absolute atomic E-state index is 15.6. The maximum atomic E-state index is 15.6. The van der Waals surface area contributed by atoms with Crippen molar-refractivity contribution in [3.63, 3.8) is 0 Å². The van der Waals surface area contributed by atoms with E-state index in [1.165, 1.54) is 65.0 Å². The summed E-state index contributed by atoms with van der Waals surface area (Å²) in [6, 6.07) is 4.06. The fourth-order valence-electron chi connectivity index (χ4n) is 9.61. The fourth-order valence-corrected chi connectivity index (χ4v) is 9.61. The lowest BCUT2D eigenvalue weighted by molar-refractivity contribution is -0.346. The minimum Gasteiger partial charge on any atom is -0.456 e. The molecule has 0 aromatic heterocycles. The second kappa shape index (κ2) is 17.7. The lowest BCUT2D eigenvalue weighted by atomic mass is 9.44. The van der Waals surface area contributed by atoms with E-state index in [1.54, 1.807) is 34.6 Å². The van der Waals surface area contributed by atoms with Crippen LogP contribution in [0.15, 0.2) is 52.2 Å². The van der Waals surface area contributed by atoms with Gasteiger partial charge in [-0.2, -0.15) is 0 Å². The number of benzene rings is 1. The molecule has 344 valence electrons. The number of azide groups is 1. The number of aliphatic hydroxyl groups is 3. The molecule has 1 unspecified atom stereocenters. The molecule has 4 N–H and O–H groups in total. The van der Waals surface area contributed by atoms with Gasteiger partial charge in [-0.05, 0) is 77.3 Å². The molecule has 0 spiro atoms. The van der Waals surface area contributed by atoms with Gasteiger partial charge in [0.2, 0.25) is 0 Å². The lowest BCUT2D eigenvalue weighted by Gasteiger charge is -2.67. The summed E-state index contributed by atoms with van der Waals surface area (Å²) in [4.78, 5) is 86.1. The average molecular weight is 883 g/mol. The van der Waals surface area contributed by atoms with Gasteiger partial charge < -0.3 is 49.1 Å². The molecular weight excluding hydrogens is 824 g/mol. The van der Waals surface area contributed by atoms with Gasteiger partial charge in [-0.25, -0.2) is 14.4 Å². The Bertz CT molecular complexity index is 2150. The first kappa shape index (κ1) is 48.7. The second-order valence-corrected chi connectivity index (χ2v) is 18.6. The van der Waals surface area contributed by atoms with Gasteiger partial charge in [0, 0.05) is 42.2 Å². The first-order valence-electron chi connectivity index (χ1n) is 20.7. The van der Waals surface area contributed by atoms with E-state index in [0.717, 1.165) is 6.92 Å². The molecule has 1 aliphatic heterocycles. The number of hydrogen-bond acceptors (Lipinski definition) is 16. The maximum Gasteiger partial charge on any atom is 0.408 e. The number of alkyl carbamates (subject to hydrolysis) is 1. The van der Waals surface area contributed by atoms with Crippen LogP contribution in [0.4, 0.5) is 10.5 Å². The number of carbonyl (C=O) groups is 6. The summed E-state index contributed by atoms with van der Waals surface area (Å²) in [5.74, 6) is -6.57. The Balaban J connectivity index is 1.76. The molecule has 19 nitrogen and oxygen atoms in total. The quantitative estimate of drug-likeness (QED) is 0.0583. The van der Waals surface area contributed by atoms with Gasteiger partial charge in [0.15, 0.2) is 23.6 Å². The third-order valence-electron chi connectivity index (χ3n) is 12.7. The largest absolute Gasteiger partial charge is 0.456 e. The zero-order valence-electron chi connectivity index (χ0n) is 37.4. The molecule has 1 amide bonds. The van der Waals surface area contributed by atoms with Gasteiger partial charge in [0.05, 0.1) is 35.6 Å². The monoisotopic (exact) mass is 882 g/mol. The van der Waals surface area contributed by atoms with Crippen LogP contribution in [0.3, 0.4) is 0 Å². The topological polar surface area (TPSA) is 279 Å². The molecule has 3 aliphatic carbocycles. The Morgan fingerprint density at radius 2 is 1.76 bits per heavy atom. The average Bonchev–Trinajstić information content (AvgIpc) is 3.17. The van der Waals surface area contributed by atoms with E-state index in [2.05, 4.69) is 15.3 Å². The molecule has 2 saturated carbocycles. The molecule has 0 radical (unpaired) electrons. The third kappa shape index (κ3) is 8.94. The molecule has 1 saturated heterocycles. The number of fused-ring (bicyclic) bond motifs is 5. The molecule has 1 aromatic rings. The zero-order valence-corrected chi connectivity index (χ0v) is 37.4. The van der Waals surface area contributed by atoms with Crippen molar-refractivity contribution in [1.82, 2.24) is 5.32 Å². The Hall–Kier alpha value is -5.33. The summed E-state index contributed by atoms with van der Waals surface area (Å²) in [6.07, 6.45) is -10.7. The molecule has 63 heavy (non-hydrogen) atoms. The molecule has 3 fully saturated rings. The van der Waals surface area contributed by atoms with E-state index in [9.17, 15) is 39.3 Å². The molecular formula is C44H58N4O15. The van der Waals surface area contributed by atoms with Crippen molar-refractivity contribution >= 4 is 41.4 Å². The Labute approximate surface area is 365 Å². The molecule has 2 bridgehead atoms. The Morgan fingerprint density at radius 3 is 2.32 bits per heavy atom. The van der Waals surface area contributed by atoms with E-state index < -0.39 is 118 Å². The fraction of sp³-hybridized carbons (Fsp3) is 0.636. The van der Waals surface area contributed by atoms with Crippen molar-refractivity contribution in [3.8, 4) is 0 Å². The third-order valence-corrected chi connectivity index (χ3v) is 12.7. The number of nitrogens with one attached hydrogen (secondary N) is 1. The highest BCUT2D eigenvalue weighted by Crippen LogP contribution is 2.64. The lowest BCUT2D eigenvalue weighted by Crippen LogP contribution is -2.82. The van der Waals surface area contributed by atoms with Crippen molar-refractivity contribution in [2.75, 3.05) is 6.61 Å². The summed E-state index contributed by atoms with van der Waals surface area (Å²) in [6.45, 7) is 16.4. The van der Waals surface area contributed by atoms with Crippen LogP contribution < -0.4 is 5.32 Å². The molecule has 19 heteroatoms. The van der Waals surface area contributed by atoms with Crippen molar-refractivity contribution < 1.29 is 72.5 Å². The van der Waals surface area contributed by atoms with Gasteiger partial charge >= 0.3 is 30.0 Å². The van der Waals surface area contributed by atoms with Gasteiger partial charge in [0.1, 0.15) is 29.5 Å². The van der Waals surface area contributed by atoms with Gasteiger partial charge in [0.25, 0.3) is 0 Å². The predicted molar refractivity (Wildman–Crippen MR) is 221 cm³/mol. The number of Topliss-reactive ketones (excluding diaryl/α,β-unsaturated/α-hetero) is 1. The van der Waals surface area contributed by atoms with Crippen molar-refractivity contribution in [3.05, 3.63) is 63.1 Å². The summed E-state index contributed by atoms with van der Waals surface area (Å²) >= 11 is 0. The molecule has 1 heterocycles. The number of amides is 1. The molecule has 1 aromatic carbocycles. The molecule has 11 atom stereocenters. The summed E-state index contributed by atoms with van der Waals surface area (Å²) in [5, 5.41) is 43.3. The van der Waals surface area contributed by atoms with Crippen LogP contribution in [0.25, 0.3) is 10.4 Å². The number of ether oxygens (including phenoxy) is 6. The van der Waals surface area contributed by atoms with Crippen LogP contribution in [0.1, 0.15) is 106 Å². The highest BCUT2D eigenvalue weighted by atomic mass is 16.6. The van der Waals surface area contributed by atoms with Crippen molar-refractivity contribution in [2.45, 2.75) is 155 Å². The minimum atomic E-state index is -2.47. The van der Waals surface area contributed by atoms with Crippen LogP contribution in [-0.2, 0) is 47.6 Å². The van der Waals surface area contributed by atoms with E-state index in [-0.39, 0.29) is 41.8 Å². The summed E-state index contributed by atoms with van der Waals surface area (Å²) in [5.41, 5.74) is 0.570. The first-order chi connectivity index (χ1) is 29.2. The van der Waals surface area contributed by atoms with Crippen molar-refractivity contribution in [2.24, 2.45) is 21.9 Å². The standard InChI is InChI=1S/C44H58N4O15/c1-12-30(51)60-33-31-22(4)27(59-38(55)32(52)26(16-21(2)3)46-39(56)63-40(6,7)8)19-44(57,41(31,9)10)36(61-37(54)24-14-13-15-25(17-24)47-48-45)34-42(11,35(33)53)28(50)18-29-43(34,20-58-29)62-23(5)49/h13-17,26-29,32-34,36,50,52,57H,12,18-20H2,1-11H3,(H,46,56)/t26-,27-,28-,29+,32+,33+,34?,36-,42+,43-,44+/m0/s1. The first-order valence-corrected chi connectivity index (χ1v) is 20.7. The Morgan fingerprint density at radius 1 is 1.10 bits per heavy atom. The SMILES string of the molecule is CCC(=O)O[C@H]1C(=O)[C@@]2(C)C([C@H](OC(=O)c3cccc(N=[N+]=[N-])c3)[C@]3(O)C[C@H](OC(=O)[C@H](O)[C@H](C=C(C)C)NC(=O)OC(C)(C)C)C(C)=C1C3(C)C)[C@]1(OC(C)=O)CO[C@@H]1C[C@@H]2O. The number of allylic oxidation sites excluding steroid dienone is 1. The van der Waals surface area contributed by atoms with Crippen LogP contribution in [0, 0.1) is 16.7 Å². The van der Waals surface area contributed by atoms with Crippen LogP contribution in [0.5, 0.6) is 0 Å². The van der Waals surface area contributed by atoms with Crippen LogP contribution >= 0.6 is 0 Å². The Kier molecular flexibility index (Phi) is 13.7. The highest BCUT2D eigenvalue weighted by Gasteiger charge is 2.78. The van der Waals surface area contributed by atoms with Gasteiger partial charge in [-0.3, -0.25) is 14.4 Å². The normalized spacial score (nSPS) is 31.6. The highest BCUT2D eigenvalue weighted by molar-refractivity contribution is 5.96. The molecule has 5 rings (SSSR count). The minimum absolute atomic E-state index is 0.0396. The molecule has 4 aliphatic rings. The number of hydrogen-bond donors (Lipinski definition) is 4. The summed E-state index contributed by atoms with van der Waals surface area (Å²) in [7, 11) is 0. The predicted octanol–water partition coefficient (Wildman–Crippen LogP) is 4.76. The number of nitrogens with zero attached hydrogens (tertiary/aromatic N) is 3. The van der Waals surface area contributed by atoms with E-state index >= 15 is 4.79 Å². The number of esters is 4.